The normalized spacial score (nSPS) is 13.9. The van der Waals surface area contributed by atoms with E-state index in [1.807, 2.05) is 31.4 Å². The molecule has 1 aliphatic rings. The summed E-state index contributed by atoms with van der Waals surface area (Å²) < 4.78 is 11.6. The van der Waals surface area contributed by atoms with E-state index in [9.17, 15) is 24.5 Å². The highest BCUT2D eigenvalue weighted by Gasteiger charge is 2.36. The van der Waals surface area contributed by atoms with Crippen LogP contribution < -0.4 is 14.8 Å². The molecule has 3 aromatic rings. The van der Waals surface area contributed by atoms with Crippen molar-refractivity contribution in [2.45, 2.75) is 18.4 Å². The Morgan fingerprint density at radius 2 is 1.88 bits per heavy atom. The number of non-ortho nitro benzene ring substituents is 1. The van der Waals surface area contributed by atoms with Crippen LogP contribution in [0, 0.1) is 10.1 Å². The predicted octanol–water partition coefficient (Wildman–Crippen LogP) is 5.97. The lowest BCUT2D eigenvalue weighted by Crippen LogP contribution is -2.36. The van der Waals surface area contributed by atoms with Gasteiger partial charge in [-0.1, -0.05) is 24.3 Å². The van der Waals surface area contributed by atoms with Gasteiger partial charge in [-0.15, -0.1) is 11.8 Å². The van der Waals surface area contributed by atoms with Crippen LogP contribution in [0.15, 0.2) is 76.5 Å². The van der Waals surface area contributed by atoms with Crippen LogP contribution in [0.2, 0.25) is 0 Å². The molecular formula is C28H25N3O7S2. The number of nitrogens with one attached hydrogen (secondary N) is 1. The van der Waals surface area contributed by atoms with Crippen molar-refractivity contribution in [1.29, 1.82) is 0 Å². The number of anilines is 1. The van der Waals surface area contributed by atoms with Gasteiger partial charge in [0.2, 0.25) is 5.91 Å². The second kappa shape index (κ2) is 13.2. The number of ether oxygens (including phenoxy) is 2. The molecule has 1 heterocycles. The van der Waals surface area contributed by atoms with Gasteiger partial charge in [0, 0.05) is 22.7 Å². The zero-order valence-corrected chi connectivity index (χ0v) is 23.3. The van der Waals surface area contributed by atoms with Crippen LogP contribution in [0.4, 0.5) is 16.2 Å². The maximum absolute atomic E-state index is 12.9. The lowest BCUT2D eigenvalue weighted by atomic mass is 10.1. The molecule has 1 saturated heterocycles. The average Bonchev–Trinajstić information content (AvgIpc) is 3.20. The van der Waals surface area contributed by atoms with Crippen molar-refractivity contribution in [2.24, 2.45) is 0 Å². The molecule has 4 rings (SSSR count). The topological polar surface area (TPSA) is 128 Å². The largest absolute Gasteiger partial charge is 0.490 e. The van der Waals surface area contributed by atoms with Crippen LogP contribution in [0.3, 0.4) is 0 Å². The molecule has 0 radical (unpaired) electrons. The Hall–Kier alpha value is -4.29. The van der Waals surface area contributed by atoms with Crippen LogP contribution in [0.1, 0.15) is 18.1 Å². The smallest absolute Gasteiger partial charge is 0.294 e. The van der Waals surface area contributed by atoms with Crippen LogP contribution >= 0.6 is 23.5 Å². The highest BCUT2D eigenvalue weighted by atomic mass is 32.2. The predicted molar refractivity (Wildman–Crippen MR) is 155 cm³/mol. The van der Waals surface area contributed by atoms with Gasteiger partial charge in [0.15, 0.2) is 11.5 Å². The van der Waals surface area contributed by atoms with Gasteiger partial charge in [0.1, 0.15) is 13.2 Å². The standard InChI is InChI=1S/C28H25N3O7S2/c1-3-37-24-13-18(10-11-23(24)38-17-19-6-4-8-21(12-19)31(35)36)14-25-27(33)30(28(34)40-25)16-26(32)29-20-7-5-9-22(15-20)39-2/h4-15H,3,16-17H2,1-2H3,(H,29,32)/b25-14+. The van der Waals surface area contributed by atoms with Crippen LogP contribution in [0.25, 0.3) is 6.08 Å². The molecule has 0 aliphatic carbocycles. The highest BCUT2D eigenvalue weighted by molar-refractivity contribution is 8.18. The third-order valence-corrected chi connectivity index (χ3v) is 7.24. The van der Waals surface area contributed by atoms with Gasteiger partial charge < -0.3 is 14.8 Å². The summed E-state index contributed by atoms with van der Waals surface area (Å²) in [5.74, 6) is -0.216. The van der Waals surface area contributed by atoms with Gasteiger partial charge in [-0.3, -0.25) is 29.4 Å². The molecule has 1 fully saturated rings. The first-order chi connectivity index (χ1) is 19.3. The molecule has 0 saturated carbocycles. The first-order valence-electron chi connectivity index (χ1n) is 12.1. The summed E-state index contributed by atoms with van der Waals surface area (Å²) >= 11 is 2.29. The Balaban J connectivity index is 1.44. The van der Waals surface area contributed by atoms with Gasteiger partial charge in [-0.2, -0.15) is 0 Å². The monoisotopic (exact) mass is 579 g/mol. The molecule has 206 valence electrons. The Kier molecular flexibility index (Phi) is 9.46. The molecule has 1 N–H and O–H groups in total. The molecule has 0 unspecified atom stereocenters. The minimum absolute atomic E-state index is 0.0299. The summed E-state index contributed by atoms with van der Waals surface area (Å²) in [6.45, 7) is 1.84. The van der Waals surface area contributed by atoms with E-state index in [0.717, 1.165) is 21.6 Å². The zero-order chi connectivity index (χ0) is 28.6. The van der Waals surface area contributed by atoms with Crippen LogP contribution in [-0.2, 0) is 16.2 Å². The molecule has 1 aliphatic heterocycles. The molecule has 0 spiro atoms. The van der Waals surface area contributed by atoms with Crippen molar-refractivity contribution in [3.05, 3.63) is 92.9 Å². The van der Waals surface area contributed by atoms with Gasteiger partial charge >= 0.3 is 0 Å². The van der Waals surface area contributed by atoms with Crippen molar-refractivity contribution in [2.75, 3.05) is 24.7 Å². The van der Waals surface area contributed by atoms with Crippen molar-refractivity contribution in [3.8, 4) is 11.5 Å². The maximum Gasteiger partial charge on any atom is 0.294 e. The van der Waals surface area contributed by atoms with E-state index in [4.69, 9.17) is 9.47 Å². The van der Waals surface area contributed by atoms with Gasteiger partial charge in [0.25, 0.3) is 16.8 Å². The summed E-state index contributed by atoms with van der Waals surface area (Å²) in [5.41, 5.74) is 1.76. The number of nitrogens with zero attached hydrogens (tertiary/aromatic N) is 2. The van der Waals surface area contributed by atoms with E-state index in [1.165, 1.54) is 23.9 Å². The molecule has 0 aromatic heterocycles. The molecular weight excluding hydrogens is 554 g/mol. The van der Waals surface area contributed by atoms with E-state index < -0.39 is 28.5 Å². The minimum atomic E-state index is -0.563. The van der Waals surface area contributed by atoms with Crippen molar-refractivity contribution < 1.29 is 28.8 Å². The Morgan fingerprint density at radius 1 is 1.07 bits per heavy atom. The SMILES string of the molecule is CCOc1cc(/C=C2/SC(=O)N(CC(=O)Nc3cccc(SC)c3)C2=O)ccc1OCc1cccc([N+](=O)[O-])c1. The quantitative estimate of drug-likeness (QED) is 0.126. The fourth-order valence-corrected chi connectivity index (χ4v) is 5.05. The summed E-state index contributed by atoms with van der Waals surface area (Å²) in [6.07, 6.45) is 3.48. The summed E-state index contributed by atoms with van der Waals surface area (Å²) in [6, 6.07) is 18.4. The number of amides is 3. The second-order valence-corrected chi connectivity index (χ2v) is 10.3. The number of nitro groups is 1. The number of carbonyl (C=O) groups is 3. The molecule has 0 atom stereocenters. The molecule has 3 amide bonds. The molecule has 12 heteroatoms. The Morgan fingerprint density at radius 3 is 2.62 bits per heavy atom. The maximum atomic E-state index is 12.9. The molecule has 0 bridgehead atoms. The minimum Gasteiger partial charge on any atom is -0.490 e. The van der Waals surface area contributed by atoms with E-state index >= 15 is 0 Å². The molecule has 3 aromatic carbocycles. The fourth-order valence-electron chi connectivity index (χ4n) is 3.76. The average molecular weight is 580 g/mol. The third-order valence-electron chi connectivity index (χ3n) is 5.61. The van der Waals surface area contributed by atoms with E-state index in [0.29, 0.717) is 34.9 Å². The number of hydrogen-bond acceptors (Lipinski definition) is 9. The van der Waals surface area contributed by atoms with Crippen molar-refractivity contribution >= 4 is 58.0 Å². The zero-order valence-electron chi connectivity index (χ0n) is 21.6. The summed E-state index contributed by atoms with van der Waals surface area (Å²) in [7, 11) is 0. The van der Waals surface area contributed by atoms with E-state index in [2.05, 4.69) is 5.32 Å². The molecule has 10 nitrogen and oxygen atoms in total. The van der Waals surface area contributed by atoms with Crippen LogP contribution in [-0.4, -0.2) is 46.3 Å². The Labute approximate surface area is 238 Å². The number of nitro benzene ring substituents is 1. The van der Waals surface area contributed by atoms with Crippen molar-refractivity contribution in [3.63, 3.8) is 0 Å². The first kappa shape index (κ1) is 28.7. The second-order valence-electron chi connectivity index (χ2n) is 8.40. The van der Waals surface area contributed by atoms with E-state index in [-0.39, 0.29) is 17.2 Å². The number of thioether (sulfide) groups is 2. The number of carbonyl (C=O) groups excluding carboxylic acids is 3. The molecule has 40 heavy (non-hydrogen) atoms. The number of imide groups is 1. The number of benzene rings is 3. The summed E-state index contributed by atoms with van der Waals surface area (Å²) in [5, 5.41) is 13.2. The Bertz CT molecular complexity index is 1490. The highest BCUT2D eigenvalue weighted by Crippen LogP contribution is 2.35. The number of rotatable bonds is 11. The lowest BCUT2D eigenvalue weighted by molar-refractivity contribution is -0.384. The lowest BCUT2D eigenvalue weighted by Gasteiger charge is -2.13. The number of hydrogen-bond donors (Lipinski definition) is 1. The van der Waals surface area contributed by atoms with Crippen molar-refractivity contribution in [1.82, 2.24) is 4.90 Å². The fraction of sp³-hybridized carbons (Fsp3) is 0.179. The van der Waals surface area contributed by atoms with E-state index in [1.54, 1.807) is 42.5 Å². The van der Waals surface area contributed by atoms with Gasteiger partial charge in [-0.25, -0.2) is 0 Å². The first-order valence-corrected chi connectivity index (χ1v) is 14.1. The summed E-state index contributed by atoms with van der Waals surface area (Å²) in [4.78, 5) is 50.6. The third kappa shape index (κ3) is 7.21. The van der Waals surface area contributed by atoms with Gasteiger partial charge in [-0.05, 0) is 72.5 Å². The van der Waals surface area contributed by atoms with Crippen LogP contribution in [0.5, 0.6) is 11.5 Å². The van der Waals surface area contributed by atoms with Gasteiger partial charge in [0.05, 0.1) is 16.4 Å².